The van der Waals surface area contributed by atoms with Gasteiger partial charge in [0.2, 0.25) is 0 Å². The molecule has 1 aliphatic rings. The van der Waals surface area contributed by atoms with Gasteiger partial charge in [0.1, 0.15) is 18.2 Å². The maximum atomic E-state index is 5.91. The number of aromatic nitrogens is 3. The van der Waals surface area contributed by atoms with Gasteiger partial charge in [-0.1, -0.05) is 18.2 Å². The van der Waals surface area contributed by atoms with Gasteiger partial charge >= 0.3 is 0 Å². The number of aryl methyl sites for hydroxylation is 1. The Hall–Kier alpha value is -1.88. The van der Waals surface area contributed by atoms with Crippen molar-refractivity contribution in [1.82, 2.24) is 20.1 Å². The first kappa shape index (κ1) is 13.1. The Labute approximate surface area is 119 Å². The molecule has 1 fully saturated rings. The molecular formula is C15H20N4O. The summed E-state index contributed by atoms with van der Waals surface area (Å²) in [6.07, 6.45) is 2.59. The molecule has 20 heavy (non-hydrogen) atoms. The second-order valence-corrected chi connectivity index (χ2v) is 5.27. The van der Waals surface area contributed by atoms with Crippen LogP contribution in [-0.2, 0) is 20.2 Å². The number of ether oxygens (including phenoxy) is 1. The Morgan fingerprint density at radius 1 is 1.30 bits per heavy atom. The van der Waals surface area contributed by atoms with Crippen molar-refractivity contribution in [2.45, 2.75) is 39.0 Å². The molecule has 106 valence electrons. The summed E-state index contributed by atoms with van der Waals surface area (Å²) < 4.78 is 7.86. The number of rotatable bonds is 6. The summed E-state index contributed by atoms with van der Waals surface area (Å²) in [5, 5.41) is 11.7. The molecule has 2 aromatic rings. The Bertz CT molecular complexity index is 589. The molecule has 1 N–H and O–H groups in total. The standard InChI is InChI=1S/C15H20N4O/c1-11-17-18-15(19(11)2)10-20-14-6-4-3-5-12(14)9-16-13-7-8-13/h3-6,13,16H,7-10H2,1-2H3. The van der Waals surface area contributed by atoms with E-state index in [4.69, 9.17) is 4.74 Å². The number of hydrogen-bond donors (Lipinski definition) is 1. The largest absolute Gasteiger partial charge is 0.485 e. The maximum absolute atomic E-state index is 5.91. The smallest absolute Gasteiger partial charge is 0.170 e. The van der Waals surface area contributed by atoms with Crippen LogP contribution in [0.2, 0.25) is 0 Å². The van der Waals surface area contributed by atoms with Gasteiger partial charge in [-0.25, -0.2) is 0 Å². The van der Waals surface area contributed by atoms with E-state index in [2.05, 4.69) is 21.6 Å². The summed E-state index contributed by atoms with van der Waals surface area (Å²) in [5.41, 5.74) is 1.19. The van der Waals surface area contributed by atoms with Crippen molar-refractivity contribution < 1.29 is 4.74 Å². The van der Waals surface area contributed by atoms with E-state index in [9.17, 15) is 0 Å². The van der Waals surface area contributed by atoms with E-state index >= 15 is 0 Å². The second kappa shape index (κ2) is 5.63. The fourth-order valence-corrected chi connectivity index (χ4v) is 2.05. The van der Waals surface area contributed by atoms with E-state index in [0.717, 1.165) is 23.9 Å². The number of nitrogens with one attached hydrogen (secondary N) is 1. The summed E-state index contributed by atoms with van der Waals surface area (Å²) in [6.45, 7) is 3.24. The van der Waals surface area contributed by atoms with Crippen LogP contribution >= 0.6 is 0 Å². The summed E-state index contributed by atoms with van der Waals surface area (Å²) >= 11 is 0. The van der Waals surface area contributed by atoms with Gasteiger partial charge in [-0.05, 0) is 25.8 Å². The third-order valence-corrected chi connectivity index (χ3v) is 3.67. The number of benzene rings is 1. The van der Waals surface area contributed by atoms with E-state index in [1.807, 2.05) is 36.7 Å². The molecule has 1 aliphatic carbocycles. The molecule has 0 saturated heterocycles. The molecule has 0 aliphatic heterocycles. The van der Waals surface area contributed by atoms with Gasteiger partial charge in [0.25, 0.3) is 0 Å². The Kier molecular flexibility index (Phi) is 3.69. The van der Waals surface area contributed by atoms with Gasteiger partial charge in [-0.15, -0.1) is 10.2 Å². The van der Waals surface area contributed by atoms with Crippen LogP contribution in [0.15, 0.2) is 24.3 Å². The topological polar surface area (TPSA) is 52.0 Å². The van der Waals surface area contributed by atoms with Crippen molar-refractivity contribution in [1.29, 1.82) is 0 Å². The zero-order valence-corrected chi connectivity index (χ0v) is 12.0. The third-order valence-electron chi connectivity index (χ3n) is 3.67. The highest BCUT2D eigenvalue weighted by Crippen LogP contribution is 2.23. The second-order valence-electron chi connectivity index (χ2n) is 5.27. The lowest BCUT2D eigenvalue weighted by molar-refractivity contribution is 0.287. The molecule has 0 amide bonds. The first-order valence-corrected chi connectivity index (χ1v) is 7.03. The monoisotopic (exact) mass is 272 g/mol. The van der Waals surface area contributed by atoms with Crippen LogP contribution in [-0.4, -0.2) is 20.8 Å². The Morgan fingerprint density at radius 3 is 2.80 bits per heavy atom. The molecule has 0 bridgehead atoms. The van der Waals surface area contributed by atoms with E-state index in [0.29, 0.717) is 12.6 Å². The lowest BCUT2D eigenvalue weighted by Gasteiger charge is -2.11. The van der Waals surface area contributed by atoms with Crippen molar-refractivity contribution in [3.63, 3.8) is 0 Å². The van der Waals surface area contributed by atoms with Gasteiger partial charge < -0.3 is 14.6 Å². The molecule has 1 aromatic carbocycles. The first-order chi connectivity index (χ1) is 9.74. The van der Waals surface area contributed by atoms with E-state index in [1.165, 1.54) is 18.4 Å². The predicted octanol–water partition coefficient (Wildman–Crippen LogP) is 1.95. The lowest BCUT2D eigenvalue weighted by Crippen LogP contribution is -2.16. The SMILES string of the molecule is Cc1nnc(COc2ccccc2CNC2CC2)n1C. The van der Waals surface area contributed by atoms with Crippen LogP contribution in [0.25, 0.3) is 0 Å². The van der Waals surface area contributed by atoms with Crippen molar-refractivity contribution >= 4 is 0 Å². The van der Waals surface area contributed by atoms with Gasteiger partial charge in [-0.2, -0.15) is 0 Å². The van der Waals surface area contributed by atoms with Crippen LogP contribution in [0.5, 0.6) is 5.75 Å². The molecular weight excluding hydrogens is 252 g/mol. The Balaban J connectivity index is 1.65. The first-order valence-electron chi connectivity index (χ1n) is 7.03. The van der Waals surface area contributed by atoms with E-state index < -0.39 is 0 Å². The highest BCUT2D eigenvalue weighted by molar-refractivity contribution is 5.33. The fourth-order valence-electron chi connectivity index (χ4n) is 2.05. The van der Waals surface area contributed by atoms with E-state index in [1.54, 1.807) is 0 Å². The molecule has 5 heteroatoms. The maximum Gasteiger partial charge on any atom is 0.170 e. The fraction of sp³-hybridized carbons (Fsp3) is 0.467. The van der Waals surface area contributed by atoms with Crippen LogP contribution in [0.4, 0.5) is 0 Å². The molecule has 0 atom stereocenters. The molecule has 5 nitrogen and oxygen atoms in total. The zero-order valence-electron chi connectivity index (χ0n) is 12.0. The van der Waals surface area contributed by atoms with Crippen molar-refractivity contribution in [2.75, 3.05) is 0 Å². The molecule has 3 rings (SSSR count). The van der Waals surface area contributed by atoms with Gasteiger partial charge in [0, 0.05) is 25.2 Å². The molecule has 1 aromatic heterocycles. The van der Waals surface area contributed by atoms with Crippen LogP contribution in [0.1, 0.15) is 30.1 Å². The summed E-state index contributed by atoms with van der Waals surface area (Å²) in [7, 11) is 1.95. The number of para-hydroxylation sites is 1. The zero-order chi connectivity index (χ0) is 13.9. The summed E-state index contributed by atoms with van der Waals surface area (Å²) in [6, 6.07) is 8.85. The molecule has 1 heterocycles. The number of nitrogens with zero attached hydrogens (tertiary/aromatic N) is 3. The molecule has 0 radical (unpaired) electrons. The minimum Gasteiger partial charge on any atom is -0.485 e. The molecule has 0 spiro atoms. The van der Waals surface area contributed by atoms with Crippen LogP contribution in [0, 0.1) is 6.92 Å². The predicted molar refractivity (Wildman–Crippen MR) is 76.4 cm³/mol. The van der Waals surface area contributed by atoms with Gasteiger partial charge in [0.15, 0.2) is 5.82 Å². The molecule has 1 saturated carbocycles. The minimum atomic E-state index is 0.442. The van der Waals surface area contributed by atoms with Crippen molar-refractivity contribution in [2.24, 2.45) is 7.05 Å². The van der Waals surface area contributed by atoms with Crippen molar-refractivity contribution in [3.8, 4) is 5.75 Å². The average molecular weight is 272 g/mol. The molecule has 0 unspecified atom stereocenters. The average Bonchev–Trinajstić information content (AvgIpc) is 3.24. The van der Waals surface area contributed by atoms with Crippen LogP contribution < -0.4 is 10.1 Å². The van der Waals surface area contributed by atoms with E-state index in [-0.39, 0.29) is 0 Å². The van der Waals surface area contributed by atoms with Gasteiger partial charge in [0.05, 0.1) is 0 Å². The highest BCUT2D eigenvalue weighted by atomic mass is 16.5. The van der Waals surface area contributed by atoms with Crippen molar-refractivity contribution in [3.05, 3.63) is 41.5 Å². The van der Waals surface area contributed by atoms with Crippen LogP contribution in [0.3, 0.4) is 0 Å². The highest BCUT2D eigenvalue weighted by Gasteiger charge is 2.20. The normalized spacial score (nSPS) is 14.5. The quantitative estimate of drug-likeness (QED) is 0.873. The number of hydrogen-bond acceptors (Lipinski definition) is 4. The summed E-state index contributed by atoms with van der Waals surface area (Å²) in [4.78, 5) is 0. The minimum absolute atomic E-state index is 0.442. The summed E-state index contributed by atoms with van der Waals surface area (Å²) in [5.74, 6) is 2.65. The lowest BCUT2D eigenvalue weighted by atomic mass is 10.2. The Morgan fingerprint density at radius 2 is 2.10 bits per heavy atom. The van der Waals surface area contributed by atoms with Gasteiger partial charge in [-0.3, -0.25) is 0 Å². The third kappa shape index (κ3) is 2.99.